The Balaban J connectivity index is 0.000000326. The third-order valence-electron chi connectivity index (χ3n) is 9.47. The normalized spacial score (nSPS) is 12.2. The van der Waals surface area contributed by atoms with Gasteiger partial charge in [-0.15, -0.1) is 0 Å². The Labute approximate surface area is 402 Å². The van der Waals surface area contributed by atoms with Crippen molar-refractivity contribution in [1.82, 2.24) is 0 Å². The van der Waals surface area contributed by atoms with Crippen molar-refractivity contribution in [2.24, 2.45) is 0 Å². The molecule has 18 nitrogen and oxygen atoms in total. The van der Waals surface area contributed by atoms with Crippen molar-refractivity contribution < 1.29 is 87.9 Å². The van der Waals surface area contributed by atoms with E-state index >= 15 is 0 Å². The van der Waals surface area contributed by atoms with Crippen molar-refractivity contribution in [3.8, 4) is 34.5 Å². The minimum Gasteiger partial charge on any atom is -0.508 e. The Morgan fingerprint density at radius 1 is 0.543 bits per heavy atom. The second-order valence-corrected chi connectivity index (χ2v) is 14.9. The molecular weight excluding hydrogens is 913 g/mol. The lowest BCUT2D eigenvalue weighted by atomic mass is 10.1. The lowest BCUT2D eigenvalue weighted by Gasteiger charge is -2.09. The molecule has 4 aromatic rings. The molecule has 0 unspecified atom stereocenters. The van der Waals surface area contributed by atoms with Gasteiger partial charge in [0.25, 0.3) is 0 Å². The molecule has 6 N–H and O–H groups in total. The van der Waals surface area contributed by atoms with Gasteiger partial charge in [0.15, 0.2) is 46.1 Å². The van der Waals surface area contributed by atoms with Gasteiger partial charge < -0.3 is 49.6 Å². The Morgan fingerprint density at radius 3 is 1.33 bits per heavy atom. The van der Waals surface area contributed by atoms with E-state index in [9.17, 15) is 58.8 Å². The highest BCUT2D eigenvalue weighted by Gasteiger charge is 2.16. The zero-order valence-electron chi connectivity index (χ0n) is 38.2. The van der Waals surface area contributed by atoms with Crippen LogP contribution in [0.2, 0.25) is 0 Å². The predicted molar refractivity (Wildman–Crippen MR) is 253 cm³/mol. The lowest BCUT2D eigenvalue weighted by Crippen LogP contribution is -2.17. The number of hydrogen-bond donors (Lipinski definition) is 6. The summed E-state index contributed by atoms with van der Waals surface area (Å²) < 4.78 is 19.6. The van der Waals surface area contributed by atoms with Crippen LogP contribution in [0, 0.1) is 0 Å². The van der Waals surface area contributed by atoms with Crippen LogP contribution in [0.3, 0.4) is 0 Å². The average molecular weight is 965 g/mol. The number of aliphatic carboxylic acids is 1. The van der Waals surface area contributed by atoms with Crippen molar-refractivity contribution in [2.75, 3.05) is 14.2 Å². The van der Waals surface area contributed by atoms with Gasteiger partial charge in [-0.05, 0) is 108 Å². The summed E-state index contributed by atoms with van der Waals surface area (Å²) in [5.74, 6) is -3.29. The number of ketones is 4. The summed E-state index contributed by atoms with van der Waals surface area (Å²) in [4.78, 5) is 90.9. The largest absolute Gasteiger partial charge is 0.508 e. The SMILES string of the molecule is COc1cc(/C=C\C(=O)CC(=O)/C=C\c2ccc(O)c(CO)c2)ccc1O.COc1cc(/C=C\C(=O)CC(=O)/C=C\c2ccc(O)c(CO)c2)ccc1OC(=O)CCCC(=O)O.O=C1CCCC(=O)O1. The number of carboxylic acid groups (broad SMARTS) is 1. The topological polar surface area (TPSA) is 295 Å². The minimum atomic E-state index is -0.993. The van der Waals surface area contributed by atoms with Crippen LogP contribution in [-0.2, 0) is 56.3 Å². The van der Waals surface area contributed by atoms with Gasteiger partial charge in [0.05, 0.1) is 40.3 Å². The molecule has 70 heavy (non-hydrogen) atoms. The number of aliphatic hydroxyl groups excluding tert-OH is 2. The molecule has 18 heteroatoms. The van der Waals surface area contributed by atoms with Gasteiger partial charge in [-0.1, -0.05) is 48.6 Å². The molecule has 368 valence electrons. The van der Waals surface area contributed by atoms with E-state index in [1.807, 2.05) is 0 Å². The highest BCUT2D eigenvalue weighted by Crippen LogP contribution is 2.30. The predicted octanol–water partition coefficient (Wildman–Crippen LogP) is 6.40. The molecule has 1 saturated heterocycles. The van der Waals surface area contributed by atoms with Crippen molar-refractivity contribution in [3.05, 3.63) is 130 Å². The summed E-state index contributed by atoms with van der Waals surface area (Å²) in [7, 11) is 2.81. The Bertz CT molecular complexity index is 2570. The van der Waals surface area contributed by atoms with Crippen LogP contribution < -0.4 is 14.2 Å². The smallest absolute Gasteiger partial charge is 0.313 e. The number of cyclic esters (lactones) is 2. The molecule has 1 aliphatic rings. The number of aliphatic hydroxyl groups is 2. The maximum Gasteiger partial charge on any atom is 0.313 e. The van der Waals surface area contributed by atoms with E-state index in [2.05, 4.69) is 4.74 Å². The van der Waals surface area contributed by atoms with Crippen LogP contribution in [0.1, 0.15) is 84.7 Å². The monoisotopic (exact) mass is 964 g/mol. The van der Waals surface area contributed by atoms with Gasteiger partial charge in [0.2, 0.25) is 0 Å². The summed E-state index contributed by atoms with van der Waals surface area (Å²) in [6.45, 7) is -0.654. The van der Waals surface area contributed by atoms with Gasteiger partial charge in [0.1, 0.15) is 11.5 Å². The minimum absolute atomic E-state index is 0.000113. The average Bonchev–Trinajstić information content (AvgIpc) is 3.33. The van der Waals surface area contributed by atoms with Gasteiger partial charge in [-0.3, -0.25) is 38.4 Å². The molecule has 1 aliphatic heterocycles. The van der Waals surface area contributed by atoms with Crippen molar-refractivity contribution in [1.29, 1.82) is 0 Å². The van der Waals surface area contributed by atoms with Gasteiger partial charge >= 0.3 is 23.9 Å². The van der Waals surface area contributed by atoms with Gasteiger partial charge in [-0.25, -0.2) is 0 Å². The number of methoxy groups -OCH3 is 2. The van der Waals surface area contributed by atoms with Gasteiger partial charge in [-0.2, -0.15) is 0 Å². The Hall–Kier alpha value is -8.48. The van der Waals surface area contributed by atoms with Crippen LogP contribution in [0.5, 0.6) is 34.5 Å². The fourth-order valence-electron chi connectivity index (χ4n) is 5.84. The number of carbonyl (C=O) groups excluding carboxylic acids is 7. The first-order chi connectivity index (χ1) is 33.4. The van der Waals surface area contributed by atoms with Crippen molar-refractivity contribution >= 4 is 71.3 Å². The van der Waals surface area contributed by atoms with E-state index < -0.39 is 23.5 Å². The van der Waals surface area contributed by atoms with Crippen molar-refractivity contribution in [2.45, 2.75) is 64.6 Å². The third-order valence-corrected chi connectivity index (χ3v) is 9.47. The molecule has 1 fully saturated rings. The standard InChI is InChI=1S/C26H26O9.C21H20O6.C5H6O3/c1-34-24-14-18(8-12-23(24)35-26(33)4-2-3-25(31)32)6-10-21(29)15-20(28)9-5-17-7-11-22(30)19(13-17)16-27;1-27-21-11-15(5-9-20(21)26)3-7-18(24)12-17(23)6-2-14-4-8-19(25)16(10-14)13-22;6-4-2-1-3-5(7)8-4/h5-14,27,30H,2-4,15-16H2,1H3,(H,31,32);2-11,22,25-26H,12-13H2,1H3;1-3H2/b9-5-,10-6-;6-2-,7-3-;. The van der Waals surface area contributed by atoms with Crippen LogP contribution in [0.4, 0.5) is 0 Å². The fraction of sp³-hybridized carbons (Fsp3) is 0.231. The quantitative estimate of drug-likeness (QED) is 0.0228. The first-order valence-corrected chi connectivity index (χ1v) is 21.3. The molecular formula is C52H52O18. The van der Waals surface area contributed by atoms with Crippen LogP contribution >= 0.6 is 0 Å². The second-order valence-electron chi connectivity index (χ2n) is 14.9. The first kappa shape index (κ1) is 55.8. The summed E-state index contributed by atoms with van der Waals surface area (Å²) in [5.41, 5.74) is 3.13. The zero-order chi connectivity index (χ0) is 51.6. The first-order valence-electron chi connectivity index (χ1n) is 21.3. The molecule has 4 aromatic carbocycles. The molecule has 0 bridgehead atoms. The second kappa shape index (κ2) is 29.3. The van der Waals surface area contributed by atoms with E-state index in [1.54, 1.807) is 42.5 Å². The van der Waals surface area contributed by atoms with E-state index in [4.69, 9.17) is 24.4 Å². The molecule has 0 atom stereocenters. The molecule has 5 rings (SSSR count). The number of hydrogen-bond acceptors (Lipinski definition) is 17. The number of phenolic OH excluding ortho intramolecular Hbond substituents is 1. The molecule has 0 radical (unpaired) electrons. The number of ether oxygens (including phenoxy) is 4. The third kappa shape index (κ3) is 20.6. The van der Waals surface area contributed by atoms with Crippen LogP contribution in [0.15, 0.2) is 97.1 Å². The van der Waals surface area contributed by atoms with E-state index in [-0.39, 0.29) is 97.6 Å². The lowest BCUT2D eigenvalue weighted by molar-refractivity contribution is -0.163. The molecule has 0 amide bonds. The molecule has 0 aliphatic carbocycles. The number of esters is 3. The summed E-state index contributed by atoms with van der Waals surface area (Å²) in [5, 5.41) is 55.5. The molecule has 0 aromatic heterocycles. The van der Waals surface area contributed by atoms with E-state index in [1.165, 1.54) is 93.2 Å². The van der Waals surface area contributed by atoms with Crippen LogP contribution in [0.25, 0.3) is 24.3 Å². The maximum atomic E-state index is 12.1. The number of carbonyl (C=O) groups is 8. The Kier molecular flexibility index (Phi) is 23.4. The number of phenols is 3. The number of allylic oxidation sites excluding steroid dienone is 4. The Morgan fingerprint density at radius 2 is 0.943 bits per heavy atom. The molecule has 1 heterocycles. The fourth-order valence-corrected chi connectivity index (χ4v) is 5.84. The van der Waals surface area contributed by atoms with Gasteiger partial charge in [0, 0.05) is 36.8 Å². The number of benzene rings is 4. The number of rotatable bonds is 21. The highest BCUT2D eigenvalue weighted by molar-refractivity contribution is 6.11. The van der Waals surface area contributed by atoms with E-state index in [0.717, 1.165) is 0 Å². The van der Waals surface area contributed by atoms with Crippen LogP contribution in [-0.4, -0.2) is 91.9 Å². The van der Waals surface area contributed by atoms with E-state index in [0.29, 0.717) is 58.4 Å². The summed E-state index contributed by atoms with van der Waals surface area (Å²) >= 11 is 0. The summed E-state index contributed by atoms with van der Waals surface area (Å²) in [6, 6.07) is 18.4. The number of carboxylic acids is 1. The summed E-state index contributed by atoms with van der Waals surface area (Å²) in [6.07, 6.45) is 11.9. The molecule has 0 saturated carbocycles. The van der Waals surface area contributed by atoms with Crippen molar-refractivity contribution in [3.63, 3.8) is 0 Å². The maximum absolute atomic E-state index is 12.1. The number of aromatic hydroxyl groups is 3. The highest BCUT2D eigenvalue weighted by atomic mass is 16.6. The molecule has 0 spiro atoms. The zero-order valence-corrected chi connectivity index (χ0v) is 38.2.